The average Bonchev–Trinajstić information content (AvgIpc) is 2.94. The Morgan fingerprint density at radius 1 is 1.31 bits per heavy atom. The summed E-state index contributed by atoms with van der Waals surface area (Å²) < 4.78 is 5.57. The maximum Gasteiger partial charge on any atom is 0.277 e. The van der Waals surface area contributed by atoms with Gasteiger partial charge in [-0.15, -0.1) is 0 Å². The predicted octanol–water partition coefficient (Wildman–Crippen LogP) is 3.08. The van der Waals surface area contributed by atoms with Gasteiger partial charge in [0.15, 0.2) is 0 Å². The number of aromatic nitrogens is 2. The molecule has 8 heteroatoms. The van der Waals surface area contributed by atoms with Crippen molar-refractivity contribution in [3.63, 3.8) is 0 Å². The second kappa shape index (κ2) is 7.31. The van der Waals surface area contributed by atoms with Gasteiger partial charge in [-0.1, -0.05) is 29.8 Å². The van der Waals surface area contributed by atoms with Gasteiger partial charge < -0.3 is 9.73 Å². The molecule has 2 heterocycles. The number of aromatic amines is 1. The number of furan rings is 1. The number of fused-ring (bicyclic) bond motifs is 1. The predicted molar refractivity (Wildman–Crippen MR) is 101 cm³/mol. The zero-order valence-corrected chi connectivity index (χ0v) is 15.4. The molecule has 1 aromatic carbocycles. The first-order valence-corrected chi connectivity index (χ1v) is 8.52. The SMILES string of the molecule is Cc1n[nH]c(=O)c2c(NC(=O)CN[C@H](C)c3ccccc3Cl)oc(C)c12. The number of amides is 1. The van der Waals surface area contributed by atoms with E-state index < -0.39 is 5.56 Å². The van der Waals surface area contributed by atoms with Crippen molar-refractivity contribution in [1.29, 1.82) is 0 Å². The lowest BCUT2D eigenvalue weighted by Gasteiger charge is -2.15. The van der Waals surface area contributed by atoms with Crippen molar-refractivity contribution in [3.05, 3.63) is 56.7 Å². The van der Waals surface area contributed by atoms with Crippen LogP contribution in [0.3, 0.4) is 0 Å². The molecule has 3 N–H and O–H groups in total. The number of hydrogen-bond donors (Lipinski definition) is 3. The van der Waals surface area contributed by atoms with E-state index in [1.807, 2.05) is 25.1 Å². The molecule has 3 rings (SSSR count). The van der Waals surface area contributed by atoms with Gasteiger partial charge in [0.1, 0.15) is 11.1 Å². The van der Waals surface area contributed by atoms with E-state index in [4.69, 9.17) is 16.0 Å². The van der Waals surface area contributed by atoms with Crippen molar-refractivity contribution >= 4 is 34.2 Å². The van der Waals surface area contributed by atoms with Crippen LogP contribution in [0.2, 0.25) is 5.02 Å². The molecule has 136 valence electrons. The fourth-order valence-electron chi connectivity index (χ4n) is 2.88. The number of nitrogens with one attached hydrogen (secondary N) is 3. The lowest BCUT2D eigenvalue weighted by molar-refractivity contribution is -0.115. The molecule has 1 amide bonds. The summed E-state index contributed by atoms with van der Waals surface area (Å²) in [5.74, 6) is 0.332. The summed E-state index contributed by atoms with van der Waals surface area (Å²) in [6.07, 6.45) is 0. The third-order valence-corrected chi connectivity index (χ3v) is 4.54. The van der Waals surface area contributed by atoms with Crippen molar-refractivity contribution in [2.24, 2.45) is 0 Å². The van der Waals surface area contributed by atoms with Crippen LogP contribution in [0.25, 0.3) is 10.8 Å². The van der Waals surface area contributed by atoms with Crippen LogP contribution in [0, 0.1) is 13.8 Å². The maximum absolute atomic E-state index is 12.3. The van der Waals surface area contributed by atoms with Crippen LogP contribution in [0.1, 0.15) is 30.0 Å². The van der Waals surface area contributed by atoms with E-state index in [-0.39, 0.29) is 24.4 Å². The number of nitrogens with zero attached hydrogens (tertiary/aromatic N) is 1. The maximum atomic E-state index is 12.3. The van der Waals surface area contributed by atoms with Crippen LogP contribution in [-0.2, 0) is 4.79 Å². The molecule has 0 fully saturated rings. The lowest BCUT2D eigenvalue weighted by Crippen LogP contribution is -2.30. The number of rotatable bonds is 5. The highest BCUT2D eigenvalue weighted by Gasteiger charge is 2.19. The molecule has 26 heavy (non-hydrogen) atoms. The molecule has 7 nitrogen and oxygen atoms in total. The lowest BCUT2D eigenvalue weighted by atomic mass is 10.1. The zero-order chi connectivity index (χ0) is 18.8. The first-order valence-electron chi connectivity index (χ1n) is 8.14. The molecular formula is C18H19ClN4O3. The van der Waals surface area contributed by atoms with Crippen LogP contribution < -0.4 is 16.2 Å². The molecule has 3 aromatic rings. The summed E-state index contributed by atoms with van der Waals surface area (Å²) >= 11 is 6.16. The molecule has 2 aromatic heterocycles. The van der Waals surface area contributed by atoms with Crippen molar-refractivity contribution in [1.82, 2.24) is 15.5 Å². The highest BCUT2D eigenvalue weighted by Crippen LogP contribution is 2.28. The quantitative estimate of drug-likeness (QED) is 0.637. The molecule has 0 saturated carbocycles. The van der Waals surface area contributed by atoms with Crippen LogP contribution in [-0.4, -0.2) is 22.6 Å². The zero-order valence-electron chi connectivity index (χ0n) is 14.6. The van der Waals surface area contributed by atoms with Gasteiger partial charge in [-0.05, 0) is 32.4 Å². The fraction of sp³-hybridized carbons (Fsp3) is 0.278. The topological polar surface area (TPSA) is 100 Å². The van der Waals surface area contributed by atoms with Crippen molar-refractivity contribution < 1.29 is 9.21 Å². The second-order valence-electron chi connectivity index (χ2n) is 6.05. The van der Waals surface area contributed by atoms with Gasteiger partial charge in [0, 0.05) is 11.1 Å². The Kier molecular flexibility index (Phi) is 5.11. The molecule has 0 bridgehead atoms. The number of H-pyrrole nitrogens is 1. The number of anilines is 1. The highest BCUT2D eigenvalue weighted by atomic mass is 35.5. The van der Waals surface area contributed by atoms with Gasteiger partial charge in [0.05, 0.1) is 17.6 Å². The van der Waals surface area contributed by atoms with Crippen molar-refractivity contribution in [2.45, 2.75) is 26.8 Å². The molecule has 1 atom stereocenters. The minimum absolute atomic E-state index is 0.0373. The Hall–Kier alpha value is -2.64. The number of aryl methyl sites for hydroxylation is 2. The van der Waals surface area contributed by atoms with E-state index in [9.17, 15) is 9.59 Å². The number of carbonyl (C=O) groups excluding carboxylic acids is 1. The minimum Gasteiger partial charge on any atom is -0.444 e. The summed E-state index contributed by atoms with van der Waals surface area (Å²) in [6, 6.07) is 7.33. The molecule has 0 aliphatic carbocycles. The number of halogens is 1. The first-order chi connectivity index (χ1) is 12.4. The van der Waals surface area contributed by atoms with E-state index in [2.05, 4.69) is 20.8 Å². The summed E-state index contributed by atoms with van der Waals surface area (Å²) in [6.45, 7) is 5.44. The van der Waals surface area contributed by atoms with Crippen molar-refractivity contribution in [2.75, 3.05) is 11.9 Å². The average molecular weight is 375 g/mol. The van der Waals surface area contributed by atoms with Crippen LogP contribution in [0.4, 0.5) is 5.88 Å². The van der Waals surface area contributed by atoms with E-state index >= 15 is 0 Å². The molecule has 0 radical (unpaired) electrons. The summed E-state index contributed by atoms with van der Waals surface area (Å²) in [5, 5.41) is 13.6. The Morgan fingerprint density at radius 2 is 2.04 bits per heavy atom. The summed E-state index contributed by atoms with van der Waals surface area (Å²) in [4.78, 5) is 24.4. The van der Waals surface area contributed by atoms with E-state index in [1.54, 1.807) is 19.9 Å². The number of hydrogen-bond acceptors (Lipinski definition) is 5. The van der Waals surface area contributed by atoms with Gasteiger partial charge in [0.2, 0.25) is 11.8 Å². The Bertz CT molecular complexity index is 1020. The fourth-order valence-corrected chi connectivity index (χ4v) is 3.18. The van der Waals surface area contributed by atoms with Gasteiger partial charge in [-0.3, -0.25) is 14.9 Å². The Balaban J connectivity index is 1.73. The van der Waals surface area contributed by atoms with Gasteiger partial charge in [-0.2, -0.15) is 5.10 Å². The van der Waals surface area contributed by atoms with Crippen LogP contribution in [0.15, 0.2) is 33.5 Å². The largest absolute Gasteiger partial charge is 0.444 e. The normalized spacial score (nSPS) is 12.3. The number of benzene rings is 1. The molecule has 0 unspecified atom stereocenters. The van der Waals surface area contributed by atoms with E-state index in [1.165, 1.54) is 0 Å². The smallest absolute Gasteiger partial charge is 0.277 e. The molecule has 0 spiro atoms. The van der Waals surface area contributed by atoms with E-state index in [0.717, 1.165) is 5.56 Å². The van der Waals surface area contributed by atoms with Gasteiger partial charge in [0.25, 0.3) is 5.56 Å². The summed E-state index contributed by atoms with van der Waals surface area (Å²) in [7, 11) is 0. The van der Waals surface area contributed by atoms with Gasteiger partial charge in [-0.25, -0.2) is 5.10 Å². The third kappa shape index (κ3) is 3.49. The van der Waals surface area contributed by atoms with Crippen LogP contribution in [0.5, 0.6) is 0 Å². The Labute approximate surface area is 154 Å². The monoisotopic (exact) mass is 374 g/mol. The summed E-state index contributed by atoms with van der Waals surface area (Å²) in [5.41, 5.74) is 1.13. The minimum atomic E-state index is -0.407. The Morgan fingerprint density at radius 3 is 2.77 bits per heavy atom. The molecule has 0 aliphatic rings. The highest BCUT2D eigenvalue weighted by molar-refractivity contribution is 6.31. The number of carbonyl (C=O) groups is 1. The molecular weight excluding hydrogens is 356 g/mol. The first kappa shape index (κ1) is 18.2. The van der Waals surface area contributed by atoms with Gasteiger partial charge >= 0.3 is 0 Å². The van der Waals surface area contributed by atoms with Crippen molar-refractivity contribution in [3.8, 4) is 0 Å². The molecule has 0 saturated heterocycles. The standard InChI is InChI=1S/C18H19ClN4O3/c1-9(12-6-4-5-7-13(12)19)20-8-14(24)21-18-16-15(11(3)26-18)10(2)22-23-17(16)25/h4-7,9,20H,8H2,1-3H3,(H,21,24)(H,23,25)/t9-/m1/s1. The third-order valence-electron chi connectivity index (χ3n) is 4.19. The second-order valence-corrected chi connectivity index (χ2v) is 6.45. The van der Waals surface area contributed by atoms with Crippen LogP contribution >= 0.6 is 11.6 Å². The van der Waals surface area contributed by atoms with E-state index in [0.29, 0.717) is 27.2 Å². The molecule has 0 aliphatic heterocycles.